The van der Waals surface area contributed by atoms with Crippen LogP contribution in [0.25, 0.3) is 65.7 Å². The molecule has 6 heteroatoms. The zero-order chi connectivity index (χ0) is 34.5. The Hall–Kier alpha value is -6.92. The molecule has 7 aromatic carbocycles. The van der Waals surface area contributed by atoms with Gasteiger partial charge in [-0.2, -0.15) is 0 Å². The second-order valence-electron chi connectivity index (χ2n) is 12.4. The quantitative estimate of drug-likeness (QED) is 0.130. The third-order valence-electron chi connectivity index (χ3n) is 9.49. The Kier molecular flexibility index (Phi) is 7.21. The van der Waals surface area contributed by atoms with Crippen molar-refractivity contribution in [2.24, 2.45) is 0 Å². The van der Waals surface area contributed by atoms with Crippen LogP contribution in [0.5, 0.6) is 5.75 Å². The summed E-state index contributed by atoms with van der Waals surface area (Å²) in [4.78, 5) is 28.5. The highest BCUT2D eigenvalue weighted by Crippen LogP contribution is 2.38. The molecule has 9 rings (SSSR count). The van der Waals surface area contributed by atoms with Gasteiger partial charge in [-0.1, -0.05) is 84.9 Å². The predicted molar refractivity (Wildman–Crippen MR) is 206 cm³/mol. The summed E-state index contributed by atoms with van der Waals surface area (Å²) < 4.78 is 17.0. The van der Waals surface area contributed by atoms with E-state index in [1.54, 1.807) is 7.11 Å². The van der Waals surface area contributed by atoms with Gasteiger partial charge in [0, 0.05) is 27.8 Å². The van der Waals surface area contributed by atoms with Crippen molar-refractivity contribution in [3.8, 4) is 28.0 Å². The highest BCUT2D eigenvalue weighted by molar-refractivity contribution is 6.07. The van der Waals surface area contributed by atoms with E-state index in [9.17, 15) is 9.59 Å². The lowest BCUT2D eigenvalue weighted by Gasteiger charge is -2.26. The summed E-state index contributed by atoms with van der Waals surface area (Å²) >= 11 is 0. The fourth-order valence-electron chi connectivity index (χ4n) is 6.90. The number of hydrogen-bond acceptors (Lipinski definition) is 6. The van der Waals surface area contributed by atoms with Crippen LogP contribution < -0.4 is 20.9 Å². The first kappa shape index (κ1) is 30.2. The maximum atomic E-state index is 13.2. The molecule has 0 spiro atoms. The lowest BCUT2D eigenvalue weighted by atomic mass is 10.0. The van der Waals surface area contributed by atoms with Crippen molar-refractivity contribution in [1.82, 2.24) is 0 Å². The second kappa shape index (κ2) is 12.2. The fraction of sp³-hybridized carbons (Fsp3) is 0.0222. The first-order valence-electron chi connectivity index (χ1n) is 16.6. The molecule has 0 saturated heterocycles. The Balaban J connectivity index is 1.11. The normalized spacial score (nSPS) is 11.4. The van der Waals surface area contributed by atoms with Gasteiger partial charge in [0.25, 0.3) is 0 Å². The number of benzene rings is 7. The third-order valence-corrected chi connectivity index (χ3v) is 9.49. The maximum absolute atomic E-state index is 13.2. The number of ether oxygens (including phenoxy) is 1. The molecule has 0 aliphatic heterocycles. The number of fused-ring (bicyclic) bond motifs is 6. The molecule has 0 aliphatic carbocycles. The van der Waals surface area contributed by atoms with Gasteiger partial charge in [-0.3, -0.25) is 0 Å². The topological polar surface area (TPSA) is 72.9 Å². The van der Waals surface area contributed by atoms with E-state index in [1.165, 1.54) is 0 Å². The SMILES string of the molecule is COc1ccc(N(c2ccc(-c3cc4c(ccc5ccccc54)oc3=O)cc2)c2ccc(-c3cc4c(ccc5ccccc54)oc3=O)cc2)cc1. The van der Waals surface area contributed by atoms with Gasteiger partial charge in [0.05, 0.1) is 18.2 Å². The zero-order valence-corrected chi connectivity index (χ0v) is 27.5. The first-order chi connectivity index (χ1) is 25.0. The number of hydrogen-bond donors (Lipinski definition) is 0. The first-order valence-corrected chi connectivity index (χ1v) is 16.6. The highest BCUT2D eigenvalue weighted by Gasteiger charge is 2.17. The Bertz CT molecular complexity index is 2690. The molecule has 51 heavy (non-hydrogen) atoms. The standard InChI is InChI=1S/C45H29NO5/c1-49-35-22-20-34(21-23-35)46(32-16-10-30(11-17-32)38-26-40-36-8-4-2-6-28(36)14-24-42(40)50-44(38)47)33-18-12-31(13-19-33)39-27-41-37-9-5-3-7-29(37)15-25-43(41)51-45(39)48/h2-27H,1H3. The van der Waals surface area contributed by atoms with Crippen molar-refractivity contribution in [3.05, 3.63) is 179 Å². The van der Waals surface area contributed by atoms with Crippen LogP contribution in [-0.4, -0.2) is 7.11 Å². The molecule has 0 unspecified atom stereocenters. The summed E-state index contributed by atoms with van der Waals surface area (Å²) in [5, 5.41) is 5.99. The average molecular weight is 664 g/mol. The summed E-state index contributed by atoms with van der Waals surface area (Å²) in [6.45, 7) is 0. The van der Waals surface area contributed by atoms with Gasteiger partial charge in [0.1, 0.15) is 16.9 Å². The largest absolute Gasteiger partial charge is 0.497 e. The molecule has 9 aromatic rings. The lowest BCUT2D eigenvalue weighted by molar-refractivity contribution is 0.415. The molecule has 2 heterocycles. The molecule has 0 saturated carbocycles. The summed E-state index contributed by atoms with van der Waals surface area (Å²) in [7, 11) is 1.64. The molecule has 0 bridgehead atoms. The van der Waals surface area contributed by atoms with Crippen LogP contribution >= 0.6 is 0 Å². The Morgan fingerprint density at radius 2 is 0.863 bits per heavy atom. The molecular weight excluding hydrogens is 634 g/mol. The molecule has 0 fully saturated rings. The van der Waals surface area contributed by atoms with Gasteiger partial charge in [0.2, 0.25) is 0 Å². The highest BCUT2D eigenvalue weighted by atomic mass is 16.5. The van der Waals surface area contributed by atoms with E-state index in [0.29, 0.717) is 22.3 Å². The van der Waals surface area contributed by atoms with Crippen LogP contribution in [0.2, 0.25) is 0 Å². The predicted octanol–water partition coefficient (Wildman–Crippen LogP) is 11.0. The van der Waals surface area contributed by atoms with Crippen LogP contribution in [0, 0.1) is 0 Å². The fourth-order valence-corrected chi connectivity index (χ4v) is 6.90. The summed E-state index contributed by atoms with van der Waals surface area (Å²) in [5.41, 5.74) is 5.49. The number of rotatable bonds is 6. The summed E-state index contributed by atoms with van der Waals surface area (Å²) in [5.74, 6) is 0.746. The van der Waals surface area contributed by atoms with Crippen LogP contribution in [-0.2, 0) is 0 Å². The van der Waals surface area contributed by atoms with Gasteiger partial charge in [-0.25, -0.2) is 9.59 Å². The van der Waals surface area contributed by atoms with E-state index in [-0.39, 0.29) is 11.3 Å². The van der Waals surface area contributed by atoms with Crippen molar-refractivity contribution >= 4 is 60.5 Å². The molecule has 6 nitrogen and oxygen atoms in total. The second-order valence-corrected chi connectivity index (χ2v) is 12.4. The minimum absolute atomic E-state index is 0.390. The molecule has 0 radical (unpaired) electrons. The minimum Gasteiger partial charge on any atom is -0.497 e. The maximum Gasteiger partial charge on any atom is 0.344 e. The molecule has 2 aromatic heterocycles. The number of methoxy groups -OCH3 is 1. The monoisotopic (exact) mass is 663 g/mol. The van der Waals surface area contributed by atoms with Gasteiger partial charge >= 0.3 is 11.3 Å². The molecule has 0 amide bonds. The van der Waals surface area contributed by atoms with Crippen molar-refractivity contribution < 1.29 is 13.6 Å². The average Bonchev–Trinajstić information content (AvgIpc) is 3.18. The van der Waals surface area contributed by atoms with Crippen LogP contribution in [0.1, 0.15) is 0 Å². The van der Waals surface area contributed by atoms with Gasteiger partial charge in [0.15, 0.2) is 0 Å². The Labute approximate surface area is 292 Å². The van der Waals surface area contributed by atoms with E-state index < -0.39 is 0 Å². The van der Waals surface area contributed by atoms with Crippen LogP contribution in [0.3, 0.4) is 0 Å². The van der Waals surface area contributed by atoms with Crippen molar-refractivity contribution in [2.75, 3.05) is 12.0 Å². The minimum atomic E-state index is -0.390. The molecule has 0 atom stereocenters. The van der Waals surface area contributed by atoms with Crippen molar-refractivity contribution in [2.45, 2.75) is 0 Å². The number of anilines is 3. The zero-order valence-electron chi connectivity index (χ0n) is 27.5. The van der Waals surface area contributed by atoms with Gasteiger partial charge < -0.3 is 18.5 Å². The van der Waals surface area contributed by atoms with Crippen LogP contribution in [0.4, 0.5) is 17.1 Å². The van der Waals surface area contributed by atoms with Crippen molar-refractivity contribution in [3.63, 3.8) is 0 Å². The van der Waals surface area contributed by atoms with Gasteiger partial charge in [-0.15, -0.1) is 0 Å². The van der Waals surface area contributed by atoms with E-state index in [2.05, 4.69) is 4.90 Å². The number of nitrogens with zero attached hydrogens (tertiary/aromatic N) is 1. The smallest absolute Gasteiger partial charge is 0.344 e. The summed E-state index contributed by atoms with van der Waals surface area (Å²) in [6, 6.07) is 51.1. The third kappa shape index (κ3) is 5.30. The van der Waals surface area contributed by atoms with Crippen molar-refractivity contribution in [1.29, 1.82) is 0 Å². The van der Waals surface area contributed by atoms with Gasteiger partial charge in [-0.05, 0) is 105 Å². The molecule has 244 valence electrons. The molecular formula is C45H29NO5. The Morgan fingerprint density at radius 3 is 1.29 bits per heavy atom. The van der Waals surface area contributed by atoms with E-state index in [0.717, 1.165) is 66.3 Å². The van der Waals surface area contributed by atoms with Crippen LogP contribution in [0.15, 0.2) is 176 Å². The Morgan fingerprint density at radius 1 is 0.451 bits per heavy atom. The summed E-state index contributed by atoms with van der Waals surface area (Å²) in [6.07, 6.45) is 0. The molecule has 0 N–H and O–H groups in total. The van der Waals surface area contributed by atoms with E-state index in [4.69, 9.17) is 13.6 Å². The molecule has 0 aliphatic rings. The lowest BCUT2D eigenvalue weighted by Crippen LogP contribution is -2.10. The van der Waals surface area contributed by atoms with E-state index >= 15 is 0 Å². The van der Waals surface area contributed by atoms with E-state index in [1.807, 2.05) is 158 Å².